The van der Waals surface area contributed by atoms with Gasteiger partial charge in [0.15, 0.2) is 11.5 Å². The highest BCUT2D eigenvalue weighted by molar-refractivity contribution is 6.30. The van der Waals surface area contributed by atoms with Crippen LogP contribution < -0.4 is 5.73 Å². The normalized spacial score (nSPS) is 15.9. The monoisotopic (exact) mass is 358 g/mol. The number of rotatable bonds is 5. The minimum atomic E-state index is -0.432. The van der Waals surface area contributed by atoms with E-state index in [1.807, 2.05) is 12.1 Å². The van der Waals surface area contributed by atoms with E-state index >= 15 is 0 Å². The van der Waals surface area contributed by atoms with Crippen molar-refractivity contribution in [3.05, 3.63) is 52.9 Å². The molecular weight excluding hydrogens is 340 g/mol. The molecule has 0 aromatic carbocycles. The molecule has 7 heteroatoms. The Hall–Kier alpha value is -2.60. The van der Waals surface area contributed by atoms with Gasteiger partial charge in [-0.2, -0.15) is 4.68 Å². The summed E-state index contributed by atoms with van der Waals surface area (Å²) in [6.45, 7) is 5.29. The molecule has 130 valence electrons. The van der Waals surface area contributed by atoms with Crippen molar-refractivity contribution in [2.45, 2.75) is 25.7 Å². The largest absolute Gasteiger partial charge is 0.495 e. The van der Waals surface area contributed by atoms with Crippen molar-refractivity contribution in [1.29, 1.82) is 0 Å². The number of ether oxygens (including phenoxy) is 1. The summed E-state index contributed by atoms with van der Waals surface area (Å²) in [5.74, 6) is 0.527. The zero-order chi connectivity index (χ0) is 18.1. The number of allylic oxidation sites excluding steroid dienone is 4. The van der Waals surface area contributed by atoms with Crippen molar-refractivity contribution >= 4 is 34.4 Å². The first-order chi connectivity index (χ1) is 12.0. The van der Waals surface area contributed by atoms with Gasteiger partial charge in [0.05, 0.1) is 23.1 Å². The summed E-state index contributed by atoms with van der Waals surface area (Å²) in [5.41, 5.74) is 7.58. The minimum Gasteiger partial charge on any atom is -0.495 e. The molecule has 0 unspecified atom stereocenters. The molecule has 2 aromatic heterocycles. The highest BCUT2D eigenvalue weighted by atomic mass is 35.5. The molecule has 1 aliphatic rings. The van der Waals surface area contributed by atoms with Crippen molar-refractivity contribution in [3.8, 4) is 0 Å². The molecule has 2 aromatic rings. The van der Waals surface area contributed by atoms with Crippen LogP contribution in [-0.2, 0) is 4.74 Å². The van der Waals surface area contributed by atoms with Gasteiger partial charge in [0.1, 0.15) is 5.76 Å². The Morgan fingerprint density at radius 3 is 2.76 bits per heavy atom. The average molecular weight is 359 g/mol. The van der Waals surface area contributed by atoms with Gasteiger partial charge in [0, 0.05) is 11.6 Å². The van der Waals surface area contributed by atoms with E-state index in [-0.39, 0.29) is 17.2 Å². The standard InChI is InChI=1S/C18H19ClN4O2/c1-4-5-12(15(25-3)10(2)19)18(24)23-17-13(16(20)22-23)8-9-14(21-17)11-6-7-11/h4-5,8-9,11H,1,6-7H2,2-3H3,(H2,20,22)/b12-5+,15-10-. The Morgan fingerprint density at radius 2 is 2.20 bits per heavy atom. The number of nitrogens with two attached hydrogens (primary N) is 1. The first-order valence-electron chi connectivity index (χ1n) is 7.91. The minimum absolute atomic E-state index is 0.230. The lowest BCUT2D eigenvalue weighted by atomic mass is 10.1. The molecule has 0 amide bonds. The van der Waals surface area contributed by atoms with Crippen LogP contribution in [0.4, 0.5) is 5.82 Å². The van der Waals surface area contributed by atoms with Gasteiger partial charge in [-0.15, -0.1) is 5.10 Å². The summed E-state index contributed by atoms with van der Waals surface area (Å²) in [6, 6.07) is 3.80. The van der Waals surface area contributed by atoms with Gasteiger partial charge in [-0.3, -0.25) is 4.79 Å². The van der Waals surface area contributed by atoms with Crippen molar-refractivity contribution < 1.29 is 9.53 Å². The zero-order valence-electron chi connectivity index (χ0n) is 14.1. The Kier molecular flexibility index (Phi) is 4.63. The number of carbonyl (C=O) groups excluding carboxylic acids is 1. The number of aromatic nitrogens is 3. The highest BCUT2D eigenvalue weighted by Crippen LogP contribution is 2.39. The molecule has 0 saturated heterocycles. The molecule has 0 aliphatic heterocycles. The summed E-state index contributed by atoms with van der Waals surface area (Å²) < 4.78 is 6.48. The van der Waals surface area contributed by atoms with Crippen molar-refractivity contribution in [2.24, 2.45) is 0 Å². The molecule has 2 N–H and O–H groups in total. The van der Waals surface area contributed by atoms with E-state index < -0.39 is 5.91 Å². The van der Waals surface area contributed by atoms with Crippen LogP contribution in [0.1, 0.15) is 36.2 Å². The second-order valence-electron chi connectivity index (χ2n) is 5.87. The molecule has 0 atom stereocenters. The van der Waals surface area contributed by atoms with Crippen LogP contribution in [0.15, 0.2) is 47.2 Å². The number of carbonyl (C=O) groups is 1. The zero-order valence-corrected chi connectivity index (χ0v) is 14.9. The van der Waals surface area contributed by atoms with Crippen molar-refractivity contribution in [2.75, 3.05) is 12.8 Å². The van der Waals surface area contributed by atoms with Crippen LogP contribution in [0.5, 0.6) is 0 Å². The molecule has 1 fully saturated rings. The number of hydrogen-bond donors (Lipinski definition) is 1. The quantitative estimate of drug-likeness (QED) is 0.500. The number of halogens is 1. The van der Waals surface area contributed by atoms with E-state index in [4.69, 9.17) is 22.1 Å². The smallest absolute Gasteiger partial charge is 0.284 e. The third-order valence-corrected chi connectivity index (χ3v) is 4.22. The third-order valence-electron chi connectivity index (χ3n) is 4.05. The van der Waals surface area contributed by atoms with Crippen LogP contribution in [-0.4, -0.2) is 27.8 Å². The number of pyridine rings is 1. The van der Waals surface area contributed by atoms with E-state index in [0.717, 1.165) is 18.5 Å². The lowest BCUT2D eigenvalue weighted by Gasteiger charge is -2.11. The first kappa shape index (κ1) is 17.2. The van der Waals surface area contributed by atoms with E-state index in [0.29, 0.717) is 22.0 Å². The fourth-order valence-corrected chi connectivity index (χ4v) is 2.87. The predicted octanol–water partition coefficient (Wildman–Crippen LogP) is 3.76. The Labute approximate surface area is 150 Å². The number of hydrogen-bond acceptors (Lipinski definition) is 5. The van der Waals surface area contributed by atoms with Gasteiger partial charge < -0.3 is 10.5 Å². The second kappa shape index (κ2) is 6.72. The fourth-order valence-electron chi connectivity index (χ4n) is 2.69. The molecule has 0 radical (unpaired) electrons. The summed E-state index contributed by atoms with van der Waals surface area (Å²) in [5, 5.41) is 5.16. The number of anilines is 1. The molecule has 25 heavy (non-hydrogen) atoms. The van der Waals surface area contributed by atoms with Gasteiger partial charge in [0.25, 0.3) is 5.91 Å². The highest BCUT2D eigenvalue weighted by Gasteiger charge is 2.27. The van der Waals surface area contributed by atoms with E-state index in [1.165, 1.54) is 23.9 Å². The van der Waals surface area contributed by atoms with Crippen molar-refractivity contribution in [3.63, 3.8) is 0 Å². The van der Waals surface area contributed by atoms with Gasteiger partial charge >= 0.3 is 0 Å². The second-order valence-corrected chi connectivity index (χ2v) is 6.43. The predicted molar refractivity (Wildman–Crippen MR) is 98.4 cm³/mol. The summed E-state index contributed by atoms with van der Waals surface area (Å²) in [6.07, 6.45) is 5.24. The maximum atomic E-state index is 13.1. The molecular formula is C18H19ClN4O2. The Morgan fingerprint density at radius 1 is 1.48 bits per heavy atom. The molecule has 2 heterocycles. The number of nitrogen functional groups attached to an aromatic ring is 1. The summed E-state index contributed by atoms with van der Waals surface area (Å²) >= 11 is 6.06. The van der Waals surface area contributed by atoms with Crippen LogP contribution in [0.2, 0.25) is 0 Å². The van der Waals surface area contributed by atoms with Crippen LogP contribution in [0.3, 0.4) is 0 Å². The molecule has 1 saturated carbocycles. The maximum absolute atomic E-state index is 13.1. The van der Waals surface area contributed by atoms with Gasteiger partial charge in [-0.1, -0.05) is 24.3 Å². The number of nitrogens with zero attached hydrogens (tertiary/aromatic N) is 3. The topological polar surface area (TPSA) is 83.0 Å². The van der Waals surface area contributed by atoms with Gasteiger partial charge in [0.2, 0.25) is 0 Å². The molecule has 6 nitrogen and oxygen atoms in total. The molecule has 3 rings (SSSR count). The maximum Gasteiger partial charge on any atom is 0.284 e. The Balaban J connectivity index is 2.15. The molecule has 0 bridgehead atoms. The van der Waals surface area contributed by atoms with Gasteiger partial charge in [-0.25, -0.2) is 4.98 Å². The van der Waals surface area contributed by atoms with E-state index in [1.54, 1.807) is 6.92 Å². The molecule has 1 aliphatic carbocycles. The first-order valence-corrected chi connectivity index (χ1v) is 8.29. The fraction of sp³-hybridized carbons (Fsp3) is 0.278. The Bertz CT molecular complexity index is 919. The van der Waals surface area contributed by atoms with Crippen LogP contribution >= 0.6 is 11.6 Å². The average Bonchev–Trinajstić information content (AvgIpc) is 3.38. The van der Waals surface area contributed by atoms with Gasteiger partial charge in [-0.05, 0) is 38.0 Å². The van der Waals surface area contributed by atoms with E-state index in [2.05, 4.69) is 16.7 Å². The lowest BCUT2D eigenvalue weighted by Crippen LogP contribution is -2.18. The third kappa shape index (κ3) is 3.17. The lowest BCUT2D eigenvalue weighted by molar-refractivity contribution is 0.0937. The SMILES string of the molecule is C=C/C=C(C(=O)n1nc(N)c2ccc(C3CC3)nc21)\C(OC)=C(/C)Cl. The number of methoxy groups -OCH3 is 1. The molecule has 0 spiro atoms. The summed E-state index contributed by atoms with van der Waals surface area (Å²) in [4.78, 5) is 17.7. The summed E-state index contributed by atoms with van der Waals surface area (Å²) in [7, 11) is 1.45. The number of fused-ring (bicyclic) bond motifs is 1. The van der Waals surface area contributed by atoms with E-state index in [9.17, 15) is 4.79 Å². The van der Waals surface area contributed by atoms with Crippen LogP contribution in [0, 0.1) is 0 Å². The van der Waals surface area contributed by atoms with Crippen LogP contribution in [0.25, 0.3) is 11.0 Å². The van der Waals surface area contributed by atoms with Crippen molar-refractivity contribution in [1.82, 2.24) is 14.8 Å².